The highest BCUT2D eigenvalue weighted by atomic mass is 32.1. The molecule has 0 heterocycles. The summed E-state index contributed by atoms with van der Waals surface area (Å²) in [7, 11) is 0. The predicted molar refractivity (Wildman–Crippen MR) is 45.5 cm³/mol. The van der Waals surface area contributed by atoms with Crippen molar-refractivity contribution < 1.29 is 0 Å². The fourth-order valence-corrected chi connectivity index (χ4v) is 0.854. The first kappa shape index (κ1) is 7.60. The molecule has 0 radical (unpaired) electrons. The lowest BCUT2D eigenvalue weighted by atomic mass is 10.2. The second-order valence-corrected chi connectivity index (χ2v) is 2.93. The van der Waals surface area contributed by atoms with Crippen molar-refractivity contribution in [2.45, 2.75) is 4.99 Å². The normalized spacial score (nSPS) is 11.5. The molecule has 0 bridgehead atoms. The van der Waals surface area contributed by atoms with Gasteiger partial charge in [0, 0.05) is 0 Å². The minimum Gasteiger partial charge on any atom is -0.301 e. The molecule has 0 aromatic heterocycles. The molecule has 0 saturated heterocycles. The summed E-state index contributed by atoms with van der Waals surface area (Å²) in [5.41, 5.74) is 11.8. The maximum absolute atomic E-state index is 5.50. The second-order valence-electron chi connectivity index (χ2n) is 2.19. The summed E-state index contributed by atoms with van der Waals surface area (Å²) in [6.07, 6.45) is 0. The van der Waals surface area contributed by atoms with E-state index >= 15 is 0 Å². The van der Waals surface area contributed by atoms with Crippen LogP contribution in [0.4, 0.5) is 0 Å². The highest BCUT2D eigenvalue weighted by Crippen LogP contribution is 2.14. The van der Waals surface area contributed by atoms with Gasteiger partial charge in [0.2, 0.25) is 0 Å². The van der Waals surface area contributed by atoms with Gasteiger partial charge in [-0.25, -0.2) is 0 Å². The summed E-state index contributed by atoms with van der Waals surface area (Å²) >= 11 is 4.00. The molecule has 0 fully saturated rings. The Labute approximate surface area is 65.6 Å². The van der Waals surface area contributed by atoms with Crippen LogP contribution >= 0.6 is 12.6 Å². The van der Waals surface area contributed by atoms with Crippen molar-refractivity contribution in [1.82, 2.24) is 0 Å². The van der Waals surface area contributed by atoms with Crippen molar-refractivity contribution in [3.8, 4) is 0 Å². The average Bonchev–Trinajstić information content (AvgIpc) is 1.88. The summed E-state index contributed by atoms with van der Waals surface area (Å²) in [5.74, 6) is 0. The number of thiol groups is 1. The molecule has 4 N–H and O–H groups in total. The van der Waals surface area contributed by atoms with Gasteiger partial charge in [0.05, 0.1) is 0 Å². The highest BCUT2D eigenvalue weighted by Gasteiger charge is 2.13. The van der Waals surface area contributed by atoms with E-state index in [1.807, 2.05) is 30.3 Å². The number of rotatable bonds is 1. The van der Waals surface area contributed by atoms with Crippen LogP contribution in [-0.4, -0.2) is 0 Å². The van der Waals surface area contributed by atoms with Gasteiger partial charge >= 0.3 is 0 Å². The minimum absolute atomic E-state index is 0.818. The van der Waals surface area contributed by atoms with E-state index in [2.05, 4.69) is 12.6 Å². The fourth-order valence-electron chi connectivity index (χ4n) is 0.705. The maximum Gasteiger partial charge on any atom is 0.135 e. The van der Waals surface area contributed by atoms with E-state index in [0.29, 0.717) is 0 Å². The number of hydrogen-bond acceptors (Lipinski definition) is 3. The van der Waals surface area contributed by atoms with Gasteiger partial charge < -0.3 is 11.5 Å². The van der Waals surface area contributed by atoms with E-state index in [4.69, 9.17) is 11.5 Å². The standard InChI is InChI=1S/C7H10N2S/c8-7(9,10)6-4-2-1-3-5-6/h1-5,10H,8-9H2. The molecule has 0 saturated carbocycles. The van der Waals surface area contributed by atoms with Crippen LogP contribution in [0.3, 0.4) is 0 Å². The lowest BCUT2D eigenvalue weighted by molar-refractivity contribution is 0.703. The smallest absolute Gasteiger partial charge is 0.135 e. The minimum atomic E-state index is -1.01. The van der Waals surface area contributed by atoms with E-state index < -0.39 is 4.99 Å². The molecule has 0 atom stereocenters. The van der Waals surface area contributed by atoms with Crippen LogP contribution in [0, 0.1) is 0 Å². The molecule has 0 aliphatic carbocycles. The first-order valence-corrected chi connectivity index (χ1v) is 3.41. The first-order valence-electron chi connectivity index (χ1n) is 2.96. The van der Waals surface area contributed by atoms with Crippen molar-refractivity contribution in [2.75, 3.05) is 0 Å². The zero-order chi connectivity index (χ0) is 7.61. The number of benzene rings is 1. The summed E-state index contributed by atoms with van der Waals surface area (Å²) in [4.78, 5) is -1.01. The zero-order valence-electron chi connectivity index (χ0n) is 5.49. The molecule has 3 heteroatoms. The van der Waals surface area contributed by atoms with Crippen LogP contribution in [0.25, 0.3) is 0 Å². The van der Waals surface area contributed by atoms with Crippen LogP contribution in [0.1, 0.15) is 5.56 Å². The number of nitrogens with two attached hydrogens (primary N) is 2. The molecule has 2 nitrogen and oxygen atoms in total. The van der Waals surface area contributed by atoms with Crippen LogP contribution < -0.4 is 11.5 Å². The first-order chi connectivity index (χ1) is 4.61. The monoisotopic (exact) mass is 154 g/mol. The van der Waals surface area contributed by atoms with Gasteiger partial charge in [-0.1, -0.05) is 30.3 Å². The van der Waals surface area contributed by atoms with Crippen molar-refractivity contribution in [2.24, 2.45) is 11.5 Å². The third kappa shape index (κ3) is 1.73. The third-order valence-electron chi connectivity index (χ3n) is 1.24. The van der Waals surface area contributed by atoms with E-state index in [-0.39, 0.29) is 0 Å². The van der Waals surface area contributed by atoms with E-state index in [9.17, 15) is 0 Å². The number of hydrogen-bond donors (Lipinski definition) is 3. The Kier molecular flexibility index (Phi) is 1.99. The van der Waals surface area contributed by atoms with Crippen LogP contribution in [0.15, 0.2) is 30.3 Å². The lowest BCUT2D eigenvalue weighted by Gasteiger charge is -2.16. The predicted octanol–water partition coefficient (Wildman–Crippen LogP) is 0.644. The molecule has 1 aromatic rings. The van der Waals surface area contributed by atoms with Crippen LogP contribution in [-0.2, 0) is 4.99 Å². The summed E-state index contributed by atoms with van der Waals surface area (Å²) in [5, 5.41) is 0. The van der Waals surface area contributed by atoms with Crippen LogP contribution in [0.5, 0.6) is 0 Å². The third-order valence-corrected chi connectivity index (χ3v) is 1.49. The van der Waals surface area contributed by atoms with Gasteiger partial charge in [0.1, 0.15) is 4.99 Å². The van der Waals surface area contributed by atoms with Crippen molar-refractivity contribution >= 4 is 12.6 Å². The summed E-state index contributed by atoms with van der Waals surface area (Å²) < 4.78 is 0. The second kappa shape index (κ2) is 2.62. The van der Waals surface area contributed by atoms with Gasteiger partial charge in [0.25, 0.3) is 0 Å². The van der Waals surface area contributed by atoms with Gasteiger partial charge in [-0.15, -0.1) is 12.6 Å². The molecule has 1 rings (SSSR count). The van der Waals surface area contributed by atoms with Crippen molar-refractivity contribution in [3.05, 3.63) is 35.9 Å². The lowest BCUT2D eigenvalue weighted by Crippen LogP contribution is -2.39. The Morgan fingerprint density at radius 3 is 1.90 bits per heavy atom. The van der Waals surface area contributed by atoms with Crippen LogP contribution in [0.2, 0.25) is 0 Å². The molecule has 0 aliphatic rings. The van der Waals surface area contributed by atoms with E-state index in [1.165, 1.54) is 0 Å². The SMILES string of the molecule is NC(N)(S)c1ccccc1. The molecule has 1 aromatic carbocycles. The molecule has 0 spiro atoms. The van der Waals surface area contributed by atoms with E-state index in [1.54, 1.807) is 0 Å². The van der Waals surface area contributed by atoms with Crippen molar-refractivity contribution in [1.29, 1.82) is 0 Å². The molecule has 0 amide bonds. The Hall–Kier alpha value is -0.510. The summed E-state index contributed by atoms with van der Waals surface area (Å²) in [6.45, 7) is 0. The Morgan fingerprint density at radius 1 is 1.10 bits per heavy atom. The topological polar surface area (TPSA) is 52.0 Å². The van der Waals surface area contributed by atoms with Crippen molar-refractivity contribution in [3.63, 3.8) is 0 Å². The zero-order valence-corrected chi connectivity index (χ0v) is 6.38. The van der Waals surface area contributed by atoms with E-state index in [0.717, 1.165) is 5.56 Å². The molecule has 54 valence electrons. The van der Waals surface area contributed by atoms with Gasteiger partial charge in [-0.05, 0) is 5.56 Å². The molecular weight excluding hydrogens is 144 g/mol. The highest BCUT2D eigenvalue weighted by molar-refractivity contribution is 7.81. The van der Waals surface area contributed by atoms with Gasteiger partial charge in [0.15, 0.2) is 0 Å². The Morgan fingerprint density at radius 2 is 1.60 bits per heavy atom. The quantitative estimate of drug-likeness (QED) is 0.411. The fraction of sp³-hybridized carbons (Fsp3) is 0.143. The average molecular weight is 154 g/mol. The molecule has 0 unspecified atom stereocenters. The molecule has 10 heavy (non-hydrogen) atoms. The Bertz CT molecular complexity index is 203. The maximum atomic E-state index is 5.50. The molecule has 0 aliphatic heterocycles. The largest absolute Gasteiger partial charge is 0.301 e. The molecular formula is C7H10N2S. The van der Waals surface area contributed by atoms with Gasteiger partial charge in [-0.3, -0.25) is 0 Å². The van der Waals surface area contributed by atoms with Gasteiger partial charge in [-0.2, -0.15) is 0 Å². The Balaban J connectivity index is 2.97. The summed E-state index contributed by atoms with van der Waals surface area (Å²) in [6, 6.07) is 9.34.